The maximum Gasteiger partial charge on any atom is 0.223 e. The first kappa shape index (κ1) is 10.9. The fraction of sp³-hybridized carbons (Fsp3) is 0.909. The molecule has 0 aromatic carbocycles. The number of nitrogens with one attached hydrogen (secondary N) is 1. The van der Waals surface area contributed by atoms with Gasteiger partial charge in [-0.2, -0.15) is 0 Å². The Morgan fingerprint density at radius 2 is 2.07 bits per heavy atom. The first-order valence-electron chi connectivity index (χ1n) is 5.92. The van der Waals surface area contributed by atoms with Crippen LogP contribution in [0.15, 0.2) is 0 Å². The van der Waals surface area contributed by atoms with E-state index in [1.807, 2.05) is 4.90 Å². The first-order valence-corrected chi connectivity index (χ1v) is 5.92. The molecule has 2 aliphatic rings. The van der Waals surface area contributed by atoms with E-state index in [1.54, 1.807) is 0 Å². The Morgan fingerprint density at radius 1 is 1.33 bits per heavy atom. The van der Waals surface area contributed by atoms with Crippen LogP contribution < -0.4 is 5.32 Å². The quantitative estimate of drug-likeness (QED) is 0.676. The summed E-state index contributed by atoms with van der Waals surface area (Å²) >= 11 is 0. The van der Waals surface area contributed by atoms with Crippen LogP contribution in [-0.4, -0.2) is 48.2 Å². The second-order valence-corrected chi connectivity index (χ2v) is 4.61. The van der Waals surface area contributed by atoms with Crippen LogP contribution in [-0.2, 0) is 4.79 Å². The molecule has 0 aromatic heterocycles. The van der Waals surface area contributed by atoms with Crippen LogP contribution >= 0.6 is 0 Å². The Kier molecular flexibility index (Phi) is 3.59. The van der Waals surface area contributed by atoms with E-state index in [2.05, 4.69) is 5.32 Å². The van der Waals surface area contributed by atoms with Crippen LogP contribution in [0.4, 0.5) is 0 Å². The molecule has 2 fully saturated rings. The van der Waals surface area contributed by atoms with E-state index in [0.29, 0.717) is 12.5 Å². The van der Waals surface area contributed by atoms with Gasteiger partial charge in [0.15, 0.2) is 0 Å². The van der Waals surface area contributed by atoms with Gasteiger partial charge in [0, 0.05) is 25.6 Å². The Labute approximate surface area is 90.6 Å². The zero-order valence-electron chi connectivity index (χ0n) is 9.11. The van der Waals surface area contributed by atoms with Crippen LogP contribution in [0.25, 0.3) is 0 Å². The highest BCUT2D eigenvalue weighted by molar-refractivity contribution is 5.77. The molecule has 0 aliphatic carbocycles. The van der Waals surface area contributed by atoms with E-state index in [0.717, 1.165) is 38.9 Å². The van der Waals surface area contributed by atoms with Gasteiger partial charge in [-0.25, -0.2) is 0 Å². The molecule has 2 rings (SSSR count). The number of rotatable bonds is 2. The summed E-state index contributed by atoms with van der Waals surface area (Å²) in [7, 11) is 0. The summed E-state index contributed by atoms with van der Waals surface area (Å²) in [5, 5.41) is 12.3. The fourth-order valence-electron chi connectivity index (χ4n) is 2.57. The summed E-state index contributed by atoms with van der Waals surface area (Å²) in [6.07, 6.45) is 3.66. The van der Waals surface area contributed by atoms with Crippen molar-refractivity contribution in [1.82, 2.24) is 10.2 Å². The lowest BCUT2D eigenvalue weighted by molar-refractivity contribution is -0.138. The Bertz CT molecular complexity index is 227. The average molecular weight is 212 g/mol. The molecule has 2 saturated heterocycles. The number of likely N-dealkylation sites (tertiary alicyclic amines) is 1. The van der Waals surface area contributed by atoms with Crippen LogP contribution in [0.3, 0.4) is 0 Å². The number of hydrogen-bond acceptors (Lipinski definition) is 3. The molecule has 86 valence electrons. The molecule has 4 nitrogen and oxygen atoms in total. The largest absolute Gasteiger partial charge is 0.396 e. The minimum Gasteiger partial charge on any atom is -0.396 e. The number of piperidine rings is 2. The molecule has 2 aliphatic heterocycles. The molecule has 4 heteroatoms. The summed E-state index contributed by atoms with van der Waals surface area (Å²) in [5.74, 6) is 0.447. The molecule has 0 aromatic rings. The van der Waals surface area contributed by atoms with Crippen LogP contribution in [0.1, 0.15) is 25.7 Å². The predicted octanol–water partition coefficient (Wildman–Crippen LogP) is -0.0307. The molecule has 2 heterocycles. The van der Waals surface area contributed by atoms with Gasteiger partial charge in [0.2, 0.25) is 5.91 Å². The SMILES string of the molecule is O=C1CC(CO)CCN1C1CCNCC1. The van der Waals surface area contributed by atoms with Crippen LogP contribution in [0.5, 0.6) is 0 Å². The molecule has 0 saturated carbocycles. The predicted molar refractivity (Wildman–Crippen MR) is 57.4 cm³/mol. The summed E-state index contributed by atoms with van der Waals surface area (Å²) in [6.45, 7) is 3.05. The number of aliphatic hydroxyl groups is 1. The number of aliphatic hydroxyl groups excluding tert-OH is 1. The van der Waals surface area contributed by atoms with E-state index in [4.69, 9.17) is 5.11 Å². The maximum atomic E-state index is 11.9. The van der Waals surface area contributed by atoms with Gasteiger partial charge in [-0.1, -0.05) is 0 Å². The van der Waals surface area contributed by atoms with E-state index < -0.39 is 0 Å². The Hall–Kier alpha value is -0.610. The first-order chi connectivity index (χ1) is 7.31. The maximum absolute atomic E-state index is 11.9. The van der Waals surface area contributed by atoms with Crippen molar-refractivity contribution in [2.45, 2.75) is 31.7 Å². The monoisotopic (exact) mass is 212 g/mol. The van der Waals surface area contributed by atoms with Gasteiger partial charge in [-0.3, -0.25) is 4.79 Å². The van der Waals surface area contributed by atoms with Crippen molar-refractivity contribution in [3.63, 3.8) is 0 Å². The highest BCUT2D eigenvalue weighted by Crippen LogP contribution is 2.22. The number of hydrogen-bond donors (Lipinski definition) is 2. The Morgan fingerprint density at radius 3 is 2.67 bits per heavy atom. The molecular weight excluding hydrogens is 192 g/mol. The zero-order valence-corrected chi connectivity index (χ0v) is 9.11. The fourth-order valence-corrected chi connectivity index (χ4v) is 2.57. The molecule has 1 atom stereocenters. The average Bonchev–Trinajstić information content (AvgIpc) is 2.30. The lowest BCUT2D eigenvalue weighted by Crippen LogP contribution is -2.49. The molecule has 15 heavy (non-hydrogen) atoms. The van der Waals surface area contributed by atoms with Crippen LogP contribution in [0, 0.1) is 5.92 Å². The van der Waals surface area contributed by atoms with Gasteiger partial charge < -0.3 is 15.3 Å². The lowest BCUT2D eigenvalue weighted by atomic mass is 9.94. The molecular formula is C11H20N2O2. The van der Waals surface area contributed by atoms with Crippen LogP contribution in [0.2, 0.25) is 0 Å². The third-order valence-electron chi connectivity index (χ3n) is 3.57. The molecule has 0 radical (unpaired) electrons. The molecule has 0 spiro atoms. The smallest absolute Gasteiger partial charge is 0.223 e. The zero-order chi connectivity index (χ0) is 10.7. The van der Waals surface area contributed by atoms with E-state index in [9.17, 15) is 4.79 Å². The van der Waals surface area contributed by atoms with Gasteiger partial charge in [-0.15, -0.1) is 0 Å². The van der Waals surface area contributed by atoms with Crippen molar-refractivity contribution in [3.8, 4) is 0 Å². The molecule has 2 N–H and O–H groups in total. The highest BCUT2D eigenvalue weighted by Gasteiger charge is 2.30. The topological polar surface area (TPSA) is 52.6 Å². The summed E-state index contributed by atoms with van der Waals surface area (Å²) in [5.41, 5.74) is 0. The van der Waals surface area contributed by atoms with Gasteiger partial charge in [0.05, 0.1) is 0 Å². The van der Waals surface area contributed by atoms with Gasteiger partial charge in [0.25, 0.3) is 0 Å². The minimum atomic E-state index is 0.159. The minimum absolute atomic E-state index is 0.159. The highest BCUT2D eigenvalue weighted by atomic mass is 16.3. The second kappa shape index (κ2) is 4.94. The van der Waals surface area contributed by atoms with Crippen molar-refractivity contribution in [2.75, 3.05) is 26.2 Å². The number of carbonyl (C=O) groups excluding carboxylic acids is 1. The Balaban J connectivity index is 1.90. The van der Waals surface area contributed by atoms with Gasteiger partial charge in [-0.05, 0) is 38.3 Å². The molecule has 1 unspecified atom stereocenters. The lowest BCUT2D eigenvalue weighted by Gasteiger charge is -2.39. The standard InChI is InChI=1S/C11H20N2O2/c14-8-9-3-6-13(11(15)7-9)10-1-4-12-5-2-10/h9-10,12,14H,1-8H2. The van der Waals surface area contributed by atoms with Gasteiger partial charge in [0.1, 0.15) is 0 Å². The summed E-state index contributed by atoms with van der Waals surface area (Å²) in [4.78, 5) is 13.9. The second-order valence-electron chi connectivity index (χ2n) is 4.61. The van der Waals surface area contributed by atoms with Crippen molar-refractivity contribution in [1.29, 1.82) is 0 Å². The van der Waals surface area contributed by atoms with E-state index in [1.165, 1.54) is 0 Å². The summed E-state index contributed by atoms with van der Waals surface area (Å²) in [6, 6.07) is 0.443. The molecule has 1 amide bonds. The summed E-state index contributed by atoms with van der Waals surface area (Å²) < 4.78 is 0. The third-order valence-corrected chi connectivity index (χ3v) is 3.57. The van der Waals surface area contributed by atoms with E-state index in [-0.39, 0.29) is 18.4 Å². The van der Waals surface area contributed by atoms with Gasteiger partial charge >= 0.3 is 0 Å². The normalized spacial score (nSPS) is 29.5. The molecule has 0 bridgehead atoms. The van der Waals surface area contributed by atoms with Crippen molar-refractivity contribution in [2.24, 2.45) is 5.92 Å². The van der Waals surface area contributed by atoms with Crippen molar-refractivity contribution < 1.29 is 9.90 Å². The number of nitrogens with zero attached hydrogens (tertiary/aromatic N) is 1. The van der Waals surface area contributed by atoms with Crippen molar-refractivity contribution in [3.05, 3.63) is 0 Å². The third kappa shape index (κ3) is 2.49. The van der Waals surface area contributed by atoms with E-state index >= 15 is 0 Å². The number of carbonyl (C=O) groups is 1. The number of amides is 1. The van der Waals surface area contributed by atoms with Crippen molar-refractivity contribution >= 4 is 5.91 Å².